The molecule has 5 rings (SSSR count). The van der Waals surface area contributed by atoms with Gasteiger partial charge in [0.25, 0.3) is 0 Å². The second-order valence-electron chi connectivity index (χ2n) is 8.29. The van der Waals surface area contributed by atoms with E-state index in [2.05, 4.69) is 15.3 Å². The van der Waals surface area contributed by atoms with Crippen LogP contribution in [0.5, 0.6) is 5.75 Å². The van der Waals surface area contributed by atoms with E-state index in [9.17, 15) is 4.21 Å². The van der Waals surface area contributed by atoms with Crippen molar-refractivity contribution in [3.63, 3.8) is 0 Å². The normalized spacial score (nSPS) is 19.1. The maximum Gasteiger partial charge on any atom is 0.138 e. The first-order valence-electron chi connectivity index (χ1n) is 11.0. The Morgan fingerprint density at radius 3 is 2.48 bits per heavy atom. The van der Waals surface area contributed by atoms with Crippen LogP contribution in [0.4, 0.5) is 0 Å². The molecule has 166 valence electrons. The van der Waals surface area contributed by atoms with E-state index in [1.807, 2.05) is 12.1 Å². The molecule has 3 heterocycles. The Kier molecular flexibility index (Phi) is 7.25. The molecule has 1 aromatic carbocycles. The molecule has 0 bridgehead atoms. The average molecular weight is 461 g/mol. The standard InChI is InChI=1S/C23H28N4O2S.ClH/c28-30(18-8-12-25-13-9-18)22-15-20-19(14-21(22)29-17-4-2-1-3-5-17)26-23(27-20)16-6-10-24-11-7-16;/h8-9,12-17,24H,1-7,10-11H2,(H,26,27);1H. The van der Waals surface area contributed by atoms with Crippen molar-refractivity contribution in [3.05, 3.63) is 42.5 Å². The summed E-state index contributed by atoms with van der Waals surface area (Å²) in [6.07, 6.45) is 11.5. The maximum atomic E-state index is 13.4. The van der Waals surface area contributed by atoms with Gasteiger partial charge in [0, 0.05) is 29.3 Å². The Bertz CT molecular complexity index is 1030. The van der Waals surface area contributed by atoms with Crippen molar-refractivity contribution in [2.75, 3.05) is 13.1 Å². The third kappa shape index (κ3) is 4.94. The molecule has 2 aromatic heterocycles. The zero-order valence-electron chi connectivity index (χ0n) is 17.5. The predicted molar refractivity (Wildman–Crippen MR) is 125 cm³/mol. The van der Waals surface area contributed by atoms with E-state index < -0.39 is 10.8 Å². The number of hydrogen-bond donors (Lipinski definition) is 2. The lowest BCUT2D eigenvalue weighted by Gasteiger charge is -2.24. The summed E-state index contributed by atoms with van der Waals surface area (Å²) in [6.45, 7) is 2.05. The number of halogens is 1. The summed E-state index contributed by atoms with van der Waals surface area (Å²) < 4.78 is 19.8. The van der Waals surface area contributed by atoms with Crippen molar-refractivity contribution in [1.82, 2.24) is 20.3 Å². The Labute approximate surface area is 191 Å². The number of nitrogens with one attached hydrogen (secondary N) is 2. The molecule has 1 aliphatic heterocycles. The number of H-pyrrole nitrogens is 1. The summed E-state index contributed by atoms with van der Waals surface area (Å²) in [5.74, 6) is 2.17. The van der Waals surface area contributed by atoms with E-state index in [1.54, 1.807) is 24.5 Å². The van der Waals surface area contributed by atoms with E-state index >= 15 is 0 Å². The Morgan fingerprint density at radius 1 is 1.00 bits per heavy atom. The maximum absolute atomic E-state index is 13.4. The lowest BCUT2D eigenvalue weighted by Crippen LogP contribution is -2.27. The topological polar surface area (TPSA) is 79.9 Å². The minimum Gasteiger partial charge on any atom is -0.489 e. The fraction of sp³-hybridized carbons (Fsp3) is 0.478. The number of rotatable bonds is 5. The van der Waals surface area contributed by atoms with E-state index in [0.29, 0.717) is 16.6 Å². The van der Waals surface area contributed by atoms with Crippen molar-refractivity contribution in [1.29, 1.82) is 0 Å². The second kappa shape index (κ2) is 10.1. The van der Waals surface area contributed by atoms with Crippen LogP contribution in [-0.2, 0) is 10.8 Å². The van der Waals surface area contributed by atoms with Gasteiger partial charge in [0.05, 0.1) is 32.8 Å². The molecule has 1 unspecified atom stereocenters. The summed E-state index contributed by atoms with van der Waals surface area (Å²) in [7, 11) is -1.34. The van der Waals surface area contributed by atoms with Crippen molar-refractivity contribution < 1.29 is 8.95 Å². The molecule has 2 N–H and O–H groups in total. The highest BCUT2D eigenvalue weighted by molar-refractivity contribution is 7.85. The van der Waals surface area contributed by atoms with Crippen LogP contribution in [0.15, 0.2) is 46.5 Å². The predicted octanol–water partition coefficient (Wildman–Crippen LogP) is 4.72. The van der Waals surface area contributed by atoms with Gasteiger partial charge in [-0.05, 0) is 69.8 Å². The summed E-state index contributed by atoms with van der Waals surface area (Å²) in [4.78, 5) is 13.9. The van der Waals surface area contributed by atoms with Crippen molar-refractivity contribution in [2.24, 2.45) is 0 Å². The molecule has 31 heavy (non-hydrogen) atoms. The summed E-state index contributed by atoms with van der Waals surface area (Å²) in [5, 5.41) is 3.41. The number of imidazole rings is 1. The van der Waals surface area contributed by atoms with Crippen LogP contribution >= 0.6 is 12.4 Å². The van der Waals surface area contributed by atoms with Crippen molar-refractivity contribution in [2.45, 2.75) is 66.8 Å². The van der Waals surface area contributed by atoms with Crippen LogP contribution < -0.4 is 10.1 Å². The molecule has 1 saturated heterocycles. The van der Waals surface area contributed by atoms with E-state index in [0.717, 1.165) is 60.5 Å². The van der Waals surface area contributed by atoms with E-state index in [1.165, 1.54) is 19.3 Å². The van der Waals surface area contributed by atoms with Crippen molar-refractivity contribution in [3.8, 4) is 5.75 Å². The van der Waals surface area contributed by atoms with Gasteiger partial charge in [-0.3, -0.25) is 4.98 Å². The summed E-state index contributed by atoms with van der Waals surface area (Å²) in [5.41, 5.74) is 1.82. The number of pyridine rings is 1. The Balaban J connectivity index is 0.00000231. The molecule has 2 fully saturated rings. The molecule has 8 heteroatoms. The van der Waals surface area contributed by atoms with Crippen LogP contribution in [0, 0.1) is 0 Å². The van der Waals surface area contributed by atoms with Crippen LogP contribution in [0.2, 0.25) is 0 Å². The first-order valence-corrected chi connectivity index (χ1v) is 12.2. The van der Waals surface area contributed by atoms with Gasteiger partial charge in [0.15, 0.2) is 0 Å². The molecule has 3 aromatic rings. The average Bonchev–Trinajstić information content (AvgIpc) is 3.23. The molecule has 0 amide bonds. The highest BCUT2D eigenvalue weighted by Gasteiger charge is 2.23. The lowest BCUT2D eigenvalue weighted by molar-refractivity contribution is 0.151. The number of aromatic nitrogens is 3. The summed E-state index contributed by atoms with van der Waals surface area (Å²) >= 11 is 0. The molecule has 2 aliphatic rings. The number of benzene rings is 1. The summed E-state index contributed by atoms with van der Waals surface area (Å²) in [6, 6.07) is 7.57. The first-order chi connectivity index (χ1) is 14.8. The molecule has 1 aliphatic carbocycles. The third-order valence-corrected chi connectivity index (χ3v) is 7.62. The van der Waals surface area contributed by atoms with Gasteiger partial charge in [-0.25, -0.2) is 9.19 Å². The molecule has 0 spiro atoms. The van der Waals surface area contributed by atoms with Gasteiger partial charge < -0.3 is 15.0 Å². The van der Waals surface area contributed by atoms with Gasteiger partial charge in [-0.2, -0.15) is 0 Å². The third-order valence-electron chi connectivity index (χ3n) is 6.20. The number of aromatic amines is 1. The Morgan fingerprint density at radius 2 is 1.74 bits per heavy atom. The highest BCUT2D eigenvalue weighted by atomic mass is 35.5. The monoisotopic (exact) mass is 460 g/mol. The molecule has 0 radical (unpaired) electrons. The molecular formula is C23H29ClN4O2S. The second-order valence-corrected chi connectivity index (χ2v) is 9.74. The molecular weight excluding hydrogens is 432 g/mol. The first kappa shape index (κ1) is 22.2. The van der Waals surface area contributed by atoms with E-state index in [-0.39, 0.29) is 18.5 Å². The number of nitrogens with zero attached hydrogens (tertiary/aromatic N) is 2. The minimum absolute atomic E-state index is 0. The fourth-order valence-corrected chi connectivity index (χ4v) is 5.65. The number of piperidine rings is 1. The van der Waals surface area contributed by atoms with Crippen LogP contribution in [-0.4, -0.2) is 38.4 Å². The SMILES string of the molecule is Cl.O=S(c1ccncc1)c1cc2[nH]c(C3CCNCC3)nc2cc1OC1CCCCC1. The Hall–Kier alpha value is -1.96. The molecule has 1 atom stereocenters. The van der Waals surface area contributed by atoms with Crippen LogP contribution in [0.1, 0.15) is 56.7 Å². The molecule has 1 saturated carbocycles. The van der Waals surface area contributed by atoms with Gasteiger partial charge in [0.1, 0.15) is 11.6 Å². The van der Waals surface area contributed by atoms with Crippen molar-refractivity contribution >= 4 is 34.2 Å². The fourth-order valence-electron chi connectivity index (χ4n) is 4.51. The van der Waals surface area contributed by atoms with Gasteiger partial charge in [0.2, 0.25) is 0 Å². The van der Waals surface area contributed by atoms with Crippen LogP contribution in [0.25, 0.3) is 11.0 Å². The smallest absolute Gasteiger partial charge is 0.138 e. The number of ether oxygens (including phenoxy) is 1. The van der Waals surface area contributed by atoms with Gasteiger partial charge >= 0.3 is 0 Å². The minimum atomic E-state index is -1.34. The zero-order valence-corrected chi connectivity index (χ0v) is 19.1. The quantitative estimate of drug-likeness (QED) is 0.575. The highest BCUT2D eigenvalue weighted by Crippen LogP contribution is 2.34. The zero-order chi connectivity index (χ0) is 20.3. The van der Waals surface area contributed by atoms with Crippen LogP contribution in [0.3, 0.4) is 0 Å². The lowest BCUT2D eigenvalue weighted by atomic mass is 9.98. The van der Waals surface area contributed by atoms with Gasteiger partial charge in [-0.15, -0.1) is 12.4 Å². The van der Waals surface area contributed by atoms with Gasteiger partial charge in [-0.1, -0.05) is 6.42 Å². The number of hydrogen-bond acceptors (Lipinski definition) is 5. The van der Waals surface area contributed by atoms with E-state index in [4.69, 9.17) is 9.72 Å². The number of fused-ring (bicyclic) bond motifs is 1. The molecule has 6 nitrogen and oxygen atoms in total. The largest absolute Gasteiger partial charge is 0.489 e.